The van der Waals surface area contributed by atoms with Crippen LogP contribution in [-0.2, 0) is 18.2 Å². The Bertz CT molecular complexity index is 1160. The Balaban J connectivity index is 1.75. The summed E-state index contributed by atoms with van der Waals surface area (Å²) in [5, 5.41) is 3.31. The number of nitrogens with one attached hydrogen (secondary N) is 1. The van der Waals surface area contributed by atoms with Crippen molar-refractivity contribution in [3.05, 3.63) is 87.6 Å². The molecule has 1 atom stereocenters. The summed E-state index contributed by atoms with van der Waals surface area (Å²) >= 11 is 0. The maximum absolute atomic E-state index is 13.0. The molecule has 2 aromatic carbocycles. The van der Waals surface area contributed by atoms with Crippen LogP contribution in [0.2, 0.25) is 0 Å². The van der Waals surface area contributed by atoms with E-state index in [-0.39, 0.29) is 17.3 Å². The number of para-hydroxylation sites is 1. The zero-order chi connectivity index (χ0) is 21.3. The fourth-order valence-corrected chi connectivity index (χ4v) is 3.42. The van der Waals surface area contributed by atoms with Crippen molar-refractivity contribution in [2.24, 2.45) is 7.05 Å². The molecule has 8 heteroatoms. The van der Waals surface area contributed by atoms with Crippen molar-refractivity contribution in [2.45, 2.75) is 12.5 Å². The fourth-order valence-electron chi connectivity index (χ4n) is 3.42. The third kappa shape index (κ3) is 3.43. The van der Waals surface area contributed by atoms with Crippen molar-refractivity contribution in [1.29, 1.82) is 0 Å². The van der Waals surface area contributed by atoms with Crippen molar-refractivity contribution >= 4 is 17.6 Å². The second-order valence-corrected chi connectivity index (χ2v) is 6.82. The van der Waals surface area contributed by atoms with Gasteiger partial charge in [-0.15, -0.1) is 0 Å². The predicted octanol–water partition coefficient (Wildman–Crippen LogP) is 2.50. The van der Waals surface area contributed by atoms with Crippen LogP contribution in [0, 0.1) is 0 Å². The molecule has 3 aromatic rings. The lowest BCUT2D eigenvalue weighted by Crippen LogP contribution is -2.31. The van der Waals surface area contributed by atoms with Gasteiger partial charge >= 0.3 is 11.9 Å². The first kappa shape index (κ1) is 19.4. The van der Waals surface area contributed by atoms with Gasteiger partial charge in [0.25, 0.3) is 5.56 Å². The molecule has 0 bridgehead atoms. The molecule has 8 nitrogen and oxygen atoms in total. The second kappa shape index (κ2) is 7.82. The van der Waals surface area contributed by atoms with E-state index in [1.165, 1.54) is 18.7 Å². The van der Waals surface area contributed by atoms with Gasteiger partial charge in [0.1, 0.15) is 5.82 Å². The van der Waals surface area contributed by atoms with Gasteiger partial charge in [-0.05, 0) is 23.8 Å². The van der Waals surface area contributed by atoms with Crippen LogP contribution >= 0.6 is 0 Å². The Hall–Kier alpha value is -3.94. The number of methoxy groups -OCH3 is 1. The monoisotopic (exact) mass is 405 g/mol. The largest absolute Gasteiger partial charge is 0.464 e. The van der Waals surface area contributed by atoms with E-state index in [1.807, 2.05) is 24.3 Å². The molecule has 1 N–H and O–H groups in total. The van der Waals surface area contributed by atoms with Gasteiger partial charge in [-0.1, -0.05) is 36.4 Å². The third-order valence-corrected chi connectivity index (χ3v) is 4.95. The van der Waals surface area contributed by atoms with E-state index in [0.29, 0.717) is 12.2 Å². The van der Waals surface area contributed by atoms with Crippen LogP contribution < -0.4 is 15.6 Å². The summed E-state index contributed by atoms with van der Waals surface area (Å²) < 4.78 is 11.3. The van der Waals surface area contributed by atoms with E-state index >= 15 is 0 Å². The van der Waals surface area contributed by atoms with Crippen molar-refractivity contribution in [2.75, 3.05) is 12.4 Å². The highest BCUT2D eigenvalue weighted by Crippen LogP contribution is 2.33. The lowest BCUT2D eigenvalue weighted by atomic mass is 10.1. The Morgan fingerprint density at radius 2 is 1.77 bits per heavy atom. The van der Waals surface area contributed by atoms with Gasteiger partial charge in [0.05, 0.1) is 18.7 Å². The van der Waals surface area contributed by atoms with Crippen LogP contribution in [0.1, 0.15) is 38.3 Å². The molecule has 1 aliphatic rings. The number of nitrogens with zero attached hydrogens (tertiary/aromatic N) is 2. The lowest BCUT2D eigenvalue weighted by Gasteiger charge is -2.17. The Labute approximate surface area is 172 Å². The minimum Gasteiger partial charge on any atom is -0.464 e. The van der Waals surface area contributed by atoms with Gasteiger partial charge in [-0.2, -0.15) is 0 Å². The first-order valence-corrected chi connectivity index (χ1v) is 9.30. The van der Waals surface area contributed by atoms with E-state index in [0.717, 1.165) is 11.3 Å². The molecule has 0 spiro atoms. The van der Waals surface area contributed by atoms with Crippen molar-refractivity contribution in [1.82, 2.24) is 9.55 Å². The summed E-state index contributed by atoms with van der Waals surface area (Å²) in [5.41, 5.74) is 1.28. The van der Waals surface area contributed by atoms with Crippen LogP contribution in [0.15, 0.2) is 59.4 Å². The maximum Gasteiger partial charge on any atom is 0.360 e. The molecule has 0 amide bonds. The van der Waals surface area contributed by atoms with E-state index in [2.05, 4.69) is 10.3 Å². The zero-order valence-corrected chi connectivity index (χ0v) is 16.4. The standard InChI is InChI=1S/C22H19N3O5/c1-25-19(16-12-14-10-6-7-11-15(14)23-16)24-17(22(28)29-2)18(20(25)26)30-21(27)13-8-4-3-5-9-13/h3-11,16,23H,12H2,1-2H3. The molecule has 30 heavy (non-hydrogen) atoms. The summed E-state index contributed by atoms with van der Waals surface area (Å²) in [6.07, 6.45) is 0.597. The van der Waals surface area contributed by atoms with Gasteiger partial charge in [0, 0.05) is 19.2 Å². The number of benzene rings is 2. The molecule has 0 fully saturated rings. The second-order valence-electron chi connectivity index (χ2n) is 6.82. The SMILES string of the molecule is COC(=O)c1nc(C2Cc3ccccc3N2)n(C)c(=O)c1OC(=O)c1ccccc1. The fraction of sp³-hybridized carbons (Fsp3) is 0.182. The van der Waals surface area contributed by atoms with E-state index in [4.69, 9.17) is 9.47 Å². The first-order valence-electron chi connectivity index (χ1n) is 9.30. The molecule has 152 valence electrons. The van der Waals surface area contributed by atoms with E-state index in [1.54, 1.807) is 30.3 Å². The smallest absolute Gasteiger partial charge is 0.360 e. The third-order valence-electron chi connectivity index (χ3n) is 4.95. The van der Waals surface area contributed by atoms with Gasteiger partial charge in [0.2, 0.25) is 5.75 Å². The average Bonchev–Trinajstić information content (AvgIpc) is 3.21. The highest BCUT2D eigenvalue weighted by Gasteiger charge is 2.30. The Morgan fingerprint density at radius 3 is 2.47 bits per heavy atom. The van der Waals surface area contributed by atoms with Gasteiger partial charge < -0.3 is 14.8 Å². The van der Waals surface area contributed by atoms with Crippen molar-refractivity contribution in [3.63, 3.8) is 0 Å². The predicted molar refractivity (Wildman–Crippen MR) is 109 cm³/mol. The summed E-state index contributed by atoms with van der Waals surface area (Å²) in [7, 11) is 2.70. The molecular formula is C22H19N3O5. The maximum atomic E-state index is 13.0. The van der Waals surface area contributed by atoms with Crippen LogP contribution in [0.25, 0.3) is 0 Å². The molecule has 0 saturated heterocycles. The minimum absolute atomic E-state index is 0.243. The number of fused-ring (bicyclic) bond motifs is 1. The number of ether oxygens (including phenoxy) is 2. The number of rotatable bonds is 4. The molecular weight excluding hydrogens is 386 g/mol. The minimum atomic E-state index is -0.861. The summed E-state index contributed by atoms with van der Waals surface area (Å²) in [6.45, 7) is 0. The quantitative estimate of drug-likeness (QED) is 0.666. The molecule has 1 aromatic heterocycles. The van der Waals surface area contributed by atoms with Crippen LogP contribution in [-0.4, -0.2) is 28.6 Å². The number of carbonyl (C=O) groups excluding carboxylic acids is 2. The molecule has 0 aliphatic carbocycles. The number of aromatic nitrogens is 2. The zero-order valence-electron chi connectivity index (χ0n) is 16.4. The molecule has 0 saturated carbocycles. The Kier molecular flexibility index (Phi) is 5.05. The highest BCUT2D eigenvalue weighted by atomic mass is 16.5. The van der Waals surface area contributed by atoms with E-state index < -0.39 is 23.2 Å². The molecule has 1 aliphatic heterocycles. The summed E-state index contributed by atoms with van der Waals surface area (Å²) in [5.74, 6) is -1.74. The number of anilines is 1. The normalized spacial score (nSPS) is 14.5. The number of hydrogen-bond acceptors (Lipinski definition) is 7. The molecule has 0 radical (unpaired) electrons. The van der Waals surface area contributed by atoms with Crippen LogP contribution in [0.5, 0.6) is 5.75 Å². The molecule has 1 unspecified atom stereocenters. The Morgan fingerprint density at radius 1 is 1.07 bits per heavy atom. The van der Waals surface area contributed by atoms with Gasteiger partial charge in [-0.25, -0.2) is 14.6 Å². The van der Waals surface area contributed by atoms with Crippen LogP contribution in [0.3, 0.4) is 0 Å². The number of esters is 2. The topological polar surface area (TPSA) is 99.5 Å². The number of carbonyl (C=O) groups is 2. The molecule has 2 heterocycles. The summed E-state index contributed by atoms with van der Waals surface area (Å²) in [6, 6.07) is 15.6. The summed E-state index contributed by atoms with van der Waals surface area (Å²) in [4.78, 5) is 42.2. The van der Waals surface area contributed by atoms with Crippen molar-refractivity contribution in [3.8, 4) is 5.75 Å². The van der Waals surface area contributed by atoms with E-state index in [9.17, 15) is 14.4 Å². The first-order chi connectivity index (χ1) is 14.5. The average molecular weight is 405 g/mol. The van der Waals surface area contributed by atoms with Gasteiger partial charge in [0.15, 0.2) is 5.69 Å². The van der Waals surface area contributed by atoms with Crippen LogP contribution in [0.4, 0.5) is 5.69 Å². The molecule has 4 rings (SSSR count). The number of hydrogen-bond donors (Lipinski definition) is 1. The van der Waals surface area contributed by atoms with Gasteiger partial charge in [-0.3, -0.25) is 9.36 Å². The lowest BCUT2D eigenvalue weighted by molar-refractivity contribution is 0.0583. The van der Waals surface area contributed by atoms with Crippen molar-refractivity contribution < 1.29 is 19.1 Å². The highest BCUT2D eigenvalue weighted by molar-refractivity contribution is 5.94.